The molecule has 0 aromatic heterocycles. The van der Waals surface area contributed by atoms with Crippen LogP contribution in [0.15, 0.2) is 12.2 Å². The van der Waals surface area contributed by atoms with Gasteiger partial charge in [-0.2, -0.15) is 0 Å². The summed E-state index contributed by atoms with van der Waals surface area (Å²) in [5, 5.41) is 0. The number of hydrogen-bond donors (Lipinski definition) is 0. The number of carbonyl (C=O) groups is 3. The van der Waals surface area contributed by atoms with E-state index in [-0.39, 0.29) is 12.0 Å². The van der Waals surface area contributed by atoms with Gasteiger partial charge in [-0.05, 0) is 27.7 Å². The van der Waals surface area contributed by atoms with Crippen molar-refractivity contribution in [3.8, 4) is 0 Å². The zero-order chi connectivity index (χ0) is 15.2. The molecule has 19 heavy (non-hydrogen) atoms. The Hall–Kier alpha value is -1.17. The second-order valence-corrected chi connectivity index (χ2v) is 6.69. The first-order valence-corrected chi connectivity index (χ1v) is 6.59. The SMILES string of the molecule is C=C(C)C(=O)OC(CC=O)C(C)OC(=O)C(C)(C)Br. The van der Waals surface area contributed by atoms with E-state index in [4.69, 9.17) is 9.47 Å². The summed E-state index contributed by atoms with van der Waals surface area (Å²) < 4.78 is 9.38. The number of carbonyl (C=O) groups excluding carboxylic acids is 3. The summed E-state index contributed by atoms with van der Waals surface area (Å²) in [6, 6.07) is 0. The maximum atomic E-state index is 11.7. The van der Waals surface area contributed by atoms with E-state index in [1.807, 2.05) is 0 Å². The molecule has 0 aliphatic rings. The lowest BCUT2D eigenvalue weighted by Crippen LogP contribution is -2.38. The lowest BCUT2D eigenvalue weighted by molar-refractivity contribution is -0.166. The number of rotatable bonds is 7. The lowest BCUT2D eigenvalue weighted by atomic mass is 10.1. The molecule has 6 heteroatoms. The minimum atomic E-state index is -0.842. The molecule has 2 unspecified atom stereocenters. The van der Waals surface area contributed by atoms with Crippen LogP contribution in [-0.2, 0) is 23.9 Å². The monoisotopic (exact) mass is 334 g/mol. The maximum Gasteiger partial charge on any atom is 0.333 e. The standard InChI is InChI=1S/C13H19BrO5/c1-8(2)11(16)19-10(6-7-15)9(3)18-12(17)13(4,5)14/h7,9-10H,1,6H2,2-5H3. The molecule has 0 fully saturated rings. The van der Waals surface area contributed by atoms with Crippen molar-refractivity contribution in [1.82, 2.24) is 0 Å². The van der Waals surface area contributed by atoms with Gasteiger partial charge in [0.15, 0.2) is 0 Å². The van der Waals surface area contributed by atoms with E-state index in [2.05, 4.69) is 22.5 Å². The second-order valence-electron chi connectivity index (χ2n) is 4.71. The Balaban J connectivity index is 4.70. The van der Waals surface area contributed by atoms with Crippen molar-refractivity contribution in [2.75, 3.05) is 0 Å². The van der Waals surface area contributed by atoms with Crippen LogP contribution in [0.5, 0.6) is 0 Å². The molecule has 0 rings (SSSR count). The van der Waals surface area contributed by atoms with Crippen molar-refractivity contribution in [2.45, 2.75) is 50.6 Å². The van der Waals surface area contributed by atoms with Gasteiger partial charge in [-0.15, -0.1) is 0 Å². The third-order valence-corrected chi connectivity index (χ3v) is 2.56. The van der Waals surface area contributed by atoms with Crippen LogP contribution < -0.4 is 0 Å². The molecule has 0 aromatic rings. The highest BCUT2D eigenvalue weighted by Gasteiger charge is 2.31. The molecule has 0 aromatic carbocycles. The average molecular weight is 335 g/mol. The van der Waals surface area contributed by atoms with E-state index < -0.39 is 28.5 Å². The summed E-state index contributed by atoms with van der Waals surface area (Å²) >= 11 is 3.17. The second kappa shape index (κ2) is 7.43. The van der Waals surface area contributed by atoms with Crippen molar-refractivity contribution >= 4 is 34.2 Å². The smallest absolute Gasteiger partial charge is 0.333 e. The molecule has 5 nitrogen and oxygen atoms in total. The van der Waals surface area contributed by atoms with Gasteiger partial charge in [-0.1, -0.05) is 22.5 Å². The van der Waals surface area contributed by atoms with E-state index in [1.165, 1.54) is 6.92 Å². The Bertz CT molecular complexity index is 370. The van der Waals surface area contributed by atoms with Crippen LogP contribution in [0.3, 0.4) is 0 Å². The molecule has 0 aliphatic carbocycles. The van der Waals surface area contributed by atoms with Gasteiger partial charge in [0.25, 0.3) is 0 Å². The van der Waals surface area contributed by atoms with Gasteiger partial charge in [0.1, 0.15) is 22.8 Å². The summed E-state index contributed by atoms with van der Waals surface area (Å²) in [6.45, 7) is 9.79. The molecule has 0 spiro atoms. The number of esters is 2. The van der Waals surface area contributed by atoms with Gasteiger partial charge >= 0.3 is 11.9 Å². The molecular weight excluding hydrogens is 316 g/mol. The van der Waals surface area contributed by atoms with Crippen molar-refractivity contribution in [3.05, 3.63) is 12.2 Å². The molecule has 0 saturated heterocycles. The Labute approximate surface area is 121 Å². The molecule has 0 radical (unpaired) electrons. The van der Waals surface area contributed by atoms with Crippen molar-refractivity contribution in [3.63, 3.8) is 0 Å². The molecule has 2 atom stereocenters. The lowest BCUT2D eigenvalue weighted by Gasteiger charge is -2.25. The van der Waals surface area contributed by atoms with Crippen LogP contribution in [0.25, 0.3) is 0 Å². The summed E-state index contributed by atoms with van der Waals surface area (Å²) in [5.74, 6) is -1.12. The summed E-state index contributed by atoms with van der Waals surface area (Å²) in [7, 11) is 0. The molecule has 108 valence electrons. The van der Waals surface area contributed by atoms with Crippen molar-refractivity contribution in [2.24, 2.45) is 0 Å². The molecule has 0 bridgehead atoms. The van der Waals surface area contributed by atoms with E-state index in [0.717, 1.165) is 0 Å². The first-order valence-electron chi connectivity index (χ1n) is 5.79. The summed E-state index contributed by atoms with van der Waals surface area (Å²) in [4.78, 5) is 33.7. The van der Waals surface area contributed by atoms with Gasteiger partial charge < -0.3 is 14.3 Å². The Kier molecular flexibility index (Phi) is 6.97. The highest BCUT2D eigenvalue weighted by molar-refractivity contribution is 9.10. The van der Waals surface area contributed by atoms with Crippen LogP contribution in [0.2, 0.25) is 0 Å². The number of ether oxygens (including phenoxy) is 2. The topological polar surface area (TPSA) is 69.7 Å². The molecule has 0 aliphatic heterocycles. The summed E-state index contributed by atoms with van der Waals surface area (Å²) in [5.41, 5.74) is 0.218. The van der Waals surface area contributed by atoms with Gasteiger partial charge in [0, 0.05) is 12.0 Å². The minimum absolute atomic E-state index is 0.0455. The van der Waals surface area contributed by atoms with Gasteiger partial charge in [-0.3, -0.25) is 4.79 Å². The number of aldehydes is 1. The van der Waals surface area contributed by atoms with Gasteiger partial charge in [0.2, 0.25) is 0 Å². The van der Waals surface area contributed by atoms with Crippen molar-refractivity contribution < 1.29 is 23.9 Å². The Morgan fingerprint density at radius 1 is 1.37 bits per heavy atom. The quantitative estimate of drug-likeness (QED) is 0.309. The van der Waals surface area contributed by atoms with Crippen molar-refractivity contribution in [1.29, 1.82) is 0 Å². The van der Waals surface area contributed by atoms with E-state index >= 15 is 0 Å². The predicted octanol–water partition coefficient (Wildman–Crippen LogP) is 2.17. The van der Waals surface area contributed by atoms with Crippen LogP contribution in [0.4, 0.5) is 0 Å². The largest absolute Gasteiger partial charge is 0.458 e. The fourth-order valence-electron chi connectivity index (χ4n) is 1.05. The average Bonchev–Trinajstić information content (AvgIpc) is 2.26. The first-order chi connectivity index (χ1) is 8.59. The van der Waals surface area contributed by atoms with E-state index in [0.29, 0.717) is 6.29 Å². The minimum Gasteiger partial charge on any atom is -0.458 e. The zero-order valence-corrected chi connectivity index (χ0v) is 13.2. The fourth-order valence-corrected chi connectivity index (χ4v) is 1.15. The van der Waals surface area contributed by atoms with Crippen LogP contribution in [0.1, 0.15) is 34.1 Å². The molecule has 0 N–H and O–H groups in total. The molecule has 0 amide bonds. The normalized spacial score (nSPS) is 14.2. The highest BCUT2D eigenvalue weighted by Crippen LogP contribution is 2.20. The van der Waals surface area contributed by atoms with E-state index in [9.17, 15) is 14.4 Å². The highest BCUT2D eigenvalue weighted by atomic mass is 79.9. The van der Waals surface area contributed by atoms with E-state index in [1.54, 1.807) is 20.8 Å². The summed E-state index contributed by atoms with van der Waals surface area (Å²) in [6.07, 6.45) is -0.978. The number of halogens is 1. The first kappa shape index (κ1) is 17.8. The third kappa shape index (κ3) is 6.52. The predicted molar refractivity (Wildman–Crippen MR) is 73.9 cm³/mol. The van der Waals surface area contributed by atoms with Crippen LogP contribution in [0, 0.1) is 0 Å². The fraction of sp³-hybridized carbons (Fsp3) is 0.615. The van der Waals surface area contributed by atoms with Crippen LogP contribution >= 0.6 is 15.9 Å². The van der Waals surface area contributed by atoms with Gasteiger partial charge in [-0.25, -0.2) is 4.79 Å². The van der Waals surface area contributed by atoms with Crippen LogP contribution in [-0.4, -0.2) is 34.8 Å². The molecular formula is C13H19BrO5. The number of alkyl halides is 1. The zero-order valence-electron chi connectivity index (χ0n) is 11.6. The molecule has 0 heterocycles. The Morgan fingerprint density at radius 2 is 1.89 bits per heavy atom. The third-order valence-electron chi connectivity index (χ3n) is 2.24. The number of hydrogen-bond acceptors (Lipinski definition) is 5. The molecule has 0 saturated carbocycles. The maximum absolute atomic E-state index is 11.7. The van der Waals surface area contributed by atoms with Gasteiger partial charge in [0.05, 0.1) is 0 Å². The Morgan fingerprint density at radius 3 is 2.26 bits per heavy atom.